The summed E-state index contributed by atoms with van der Waals surface area (Å²) in [7, 11) is 0. The van der Waals surface area contributed by atoms with Gasteiger partial charge in [0.2, 0.25) is 5.91 Å². The van der Waals surface area contributed by atoms with Crippen molar-refractivity contribution in [3.05, 3.63) is 65.7 Å². The number of rotatable bonds is 6. The second-order valence-corrected chi connectivity index (χ2v) is 6.86. The summed E-state index contributed by atoms with van der Waals surface area (Å²) in [4.78, 5) is 12.5. The standard InChI is InChI=1S/C22H24N2O2/c23-17-22(13-5-2-6-14-22)21(25)24-15-18-9-11-19(12-10-18)16-26-20-7-3-1-4-8-20/h1,3-4,7-12H,2,5-6,13-16H2,(H,24,25). The highest BCUT2D eigenvalue weighted by atomic mass is 16.5. The molecule has 0 radical (unpaired) electrons. The van der Waals surface area contributed by atoms with Crippen LogP contribution in [-0.2, 0) is 17.9 Å². The Morgan fingerprint density at radius 3 is 2.31 bits per heavy atom. The zero-order valence-electron chi connectivity index (χ0n) is 14.9. The summed E-state index contributed by atoms with van der Waals surface area (Å²) in [6.45, 7) is 0.955. The van der Waals surface area contributed by atoms with Crippen LogP contribution in [0.2, 0.25) is 0 Å². The van der Waals surface area contributed by atoms with Crippen LogP contribution in [0.5, 0.6) is 5.75 Å². The molecule has 4 nitrogen and oxygen atoms in total. The van der Waals surface area contributed by atoms with Crippen molar-refractivity contribution in [1.29, 1.82) is 5.26 Å². The maximum Gasteiger partial charge on any atom is 0.240 e. The Hall–Kier alpha value is -2.80. The molecule has 1 saturated carbocycles. The highest BCUT2D eigenvalue weighted by Gasteiger charge is 2.39. The summed E-state index contributed by atoms with van der Waals surface area (Å²) < 4.78 is 5.73. The second-order valence-electron chi connectivity index (χ2n) is 6.86. The van der Waals surface area contributed by atoms with Gasteiger partial charge in [0, 0.05) is 6.54 Å². The first-order valence-electron chi connectivity index (χ1n) is 9.17. The lowest BCUT2D eigenvalue weighted by Gasteiger charge is -2.29. The number of nitrogens with zero attached hydrogens (tertiary/aromatic N) is 1. The van der Waals surface area contributed by atoms with Crippen LogP contribution in [-0.4, -0.2) is 5.91 Å². The second kappa shape index (κ2) is 8.53. The maximum absolute atomic E-state index is 12.5. The number of nitrogens with one attached hydrogen (secondary N) is 1. The molecule has 1 N–H and O–H groups in total. The Labute approximate surface area is 154 Å². The molecule has 0 spiro atoms. The van der Waals surface area contributed by atoms with Crippen LogP contribution < -0.4 is 10.1 Å². The first-order valence-corrected chi connectivity index (χ1v) is 9.17. The van der Waals surface area contributed by atoms with Crippen LogP contribution in [0.15, 0.2) is 54.6 Å². The summed E-state index contributed by atoms with van der Waals surface area (Å²) in [5, 5.41) is 12.4. The Balaban J connectivity index is 1.51. The van der Waals surface area contributed by atoms with E-state index < -0.39 is 5.41 Å². The third-order valence-corrected chi connectivity index (χ3v) is 4.98. The zero-order valence-corrected chi connectivity index (χ0v) is 14.9. The number of benzene rings is 2. The van der Waals surface area contributed by atoms with Gasteiger partial charge in [-0.2, -0.15) is 5.26 Å². The van der Waals surface area contributed by atoms with Crippen molar-refractivity contribution in [2.24, 2.45) is 5.41 Å². The average molecular weight is 348 g/mol. The molecule has 4 heteroatoms. The fourth-order valence-corrected chi connectivity index (χ4v) is 3.33. The molecule has 1 amide bonds. The van der Waals surface area contributed by atoms with Crippen LogP contribution in [0, 0.1) is 16.7 Å². The molecule has 0 unspecified atom stereocenters. The number of ether oxygens (including phenoxy) is 1. The van der Waals surface area contributed by atoms with E-state index in [4.69, 9.17) is 4.74 Å². The summed E-state index contributed by atoms with van der Waals surface area (Å²) >= 11 is 0. The molecular weight excluding hydrogens is 324 g/mol. The van der Waals surface area contributed by atoms with Gasteiger partial charge >= 0.3 is 0 Å². The number of amides is 1. The van der Waals surface area contributed by atoms with Gasteiger partial charge in [0.25, 0.3) is 0 Å². The van der Waals surface area contributed by atoms with E-state index >= 15 is 0 Å². The van der Waals surface area contributed by atoms with Gasteiger partial charge in [-0.05, 0) is 36.1 Å². The largest absolute Gasteiger partial charge is 0.489 e. The van der Waals surface area contributed by atoms with Gasteiger partial charge in [0.05, 0.1) is 6.07 Å². The van der Waals surface area contributed by atoms with Crippen molar-refractivity contribution in [2.45, 2.75) is 45.3 Å². The molecule has 0 aliphatic heterocycles. The average Bonchev–Trinajstić information content (AvgIpc) is 2.72. The van der Waals surface area contributed by atoms with Crippen molar-refractivity contribution >= 4 is 5.91 Å². The lowest BCUT2D eigenvalue weighted by molar-refractivity contribution is -0.129. The summed E-state index contributed by atoms with van der Waals surface area (Å²) in [6.07, 6.45) is 4.37. The van der Waals surface area contributed by atoms with Crippen LogP contribution in [0.1, 0.15) is 43.2 Å². The molecular formula is C22H24N2O2. The van der Waals surface area contributed by atoms with Gasteiger partial charge in [-0.3, -0.25) is 4.79 Å². The molecule has 134 valence electrons. The minimum Gasteiger partial charge on any atom is -0.489 e. The van der Waals surface area contributed by atoms with Gasteiger partial charge in [0.1, 0.15) is 17.8 Å². The third-order valence-electron chi connectivity index (χ3n) is 4.98. The van der Waals surface area contributed by atoms with Gasteiger partial charge in [-0.15, -0.1) is 0 Å². The molecule has 0 atom stereocenters. The summed E-state index contributed by atoms with van der Waals surface area (Å²) in [5.74, 6) is 0.717. The molecule has 0 aromatic heterocycles. The maximum atomic E-state index is 12.5. The molecule has 0 bridgehead atoms. The van der Waals surface area contributed by atoms with Gasteiger partial charge in [-0.1, -0.05) is 61.7 Å². The fraction of sp³-hybridized carbons (Fsp3) is 0.364. The van der Waals surface area contributed by atoms with Gasteiger partial charge < -0.3 is 10.1 Å². The molecule has 26 heavy (non-hydrogen) atoms. The molecule has 2 aromatic carbocycles. The Morgan fingerprint density at radius 2 is 1.65 bits per heavy atom. The van der Waals surface area contributed by atoms with E-state index in [-0.39, 0.29) is 5.91 Å². The molecule has 2 aromatic rings. The van der Waals surface area contributed by atoms with Crippen molar-refractivity contribution in [3.8, 4) is 11.8 Å². The van der Waals surface area contributed by atoms with E-state index in [0.717, 1.165) is 36.1 Å². The van der Waals surface area contributed by atoms with E-state index in [1.807, 2.05) is 54.6 Å². The van der Waals surface area contributed by atoms with E-state index in [1.165, 1.54) is 0 Å². The topological polar surface area (TPSA) is 62.1 Å². The number of carbonyl (C=O) groups is 1. The fourth-order valence-electron chi connectivity index (χ4n) is 3.33. The molecule has 3 rings (SSSR count). The van der Waals surface area contributed by atoms with Crippen LogP contribution in [0.25, 0.3) is 0 Å². The van der Waals surface area contributed by atoms with E-state index in [2.05, 4.69) is 11.4 Å². The molecule has 1 aliphatic rings. The van der Waals surface area contributed by atoms with E-state index in [1.54, 1.807) is 0 Å². The third kappa shape index (κ3) is 4.43. The van der Waals surface area contributed by atoms with Crippen LogP contribution in [0.3, 0.4) is 0 Å². The summed E-state index contributed by atoms with van der Waals surface area (Å²) in [6, 6.07) is 20.0. The highest BCUT2D eigenvalue weighted by molar-refractivity contribution is 5.85. The number of hydrogen-bond donors (Lipinski definition) is 1. The van der Waals surface area contributed by atoms with E-state index in [9.17, 15) is 10.1 Å². The molecule has 1 fully saturated rings. The molecule has 0 saturated heterocycles. The lowest BCUT2D eigenvalue weighted by atomic mass is 9.74. The zero-order chi connectivity index (χ0) is 18.2. The first kappa shape index (κ1) is 18.0. The van der Waals surface area contributed by atoms with Crippen molar-refractivity contribution < 1.29 is 9.53 Å². The quantitative estimate of drug-likeness (QED) is 0.844. The van der Waals surface area contributed by atoms with Crippen LogP contribution >= 0.6 is 0 Å². The summed E-state index contributed by atoms with van der Waals surface area (Å²) in [5.41, 5.74) is 1.26. The minimum atomic E-state index is -0.832. The van der Waals surface area contributed by atoms with Gasteiger partial charge in [-0.25, -0.2) is 0 Å². The Kier molecular flexibility index (Phi) is 5.91. The van der Waals surface area contributed by atoms with Crippen molar-refractivity contribution in [3.63, 3.8) is 0 Å². The normalized spacial score (nSPS) is 15.7. The SMILES string of the molecule is N#CC1(C(=O)NCc2ccc(COc3ccccc3)cc2)CCCCC1. The number of para-hydroxylation sites is 1. The predicted molar refractivity (Wildman–Crippen MR) is 100 cm³/mol. The number of hydrogen-bond acceptors (Lipinski definition) is 3. The van der Waals surface area contributed by atoms with Gasteiger partial charge in [0.15, 0.2) is 0 Å². The van der Waals surface area contributed by atoms with E-state index in [0.29, 0.717) is 26.0 Å². The number of carbonyl (C=O) groups excluding carboxylic acids is 1. The lowest BCUT2D eigenvalue weighted by Crippen LogP contribution is -2.41. The first-order chi connectivity index (χ1) is 12.7. The molecule has 0 heterocycles. The molecule has 1 aliphatic carbocycles. The monoisotopic (exact) mass is 348 g/mol. The van der Waals surface area contributed by atoms with Crippen molar-refractivity contribution in [2.75, 3.05) is 0 Å². The van der Waals surface area contributed by atoms with Crippen molar-refractivity contribution in [1.82, 2.24) is 5.32 Å². The number of nitriles is 1. The Morgan fingerprint density at radius 1 is 1.00 bits per heavy atom. The smallest absolute Gasteiger partial charge is 0.240 e. The highest BCUT2D eigenvalue weighted by Crippen LogP contribution is 2.35. The van der Waals surface area contributed by atoms with Crippen LogP contribution in [0.4, 0.5) is 0 Å². The minimum absolute atomic E-state index is 0.129. The predicted octanol–water partition coefficient (Wildman–Crippen LogP) is 4.36. The Bertz CT molecular complexity index is 757.